The van der Waals surface area contributed by atoms with E-state index in [1.165, 1.54) is 76.2 Å². The van der Waals surface area contributed by atoms with Crippen molar-refractivity contribution in [2.24, 2.45) is 0 Å². The summed E-state index contributed by atoms with van der Waals surface area (Å²) in [6.45, 7) is 7.36. The van der Waals surface area contributed by atoms with Gasteiger partial charge in [-0.05, 0) is 90.3 Å². The topological polar surface area (TPSA) is 3.24 Å². The Hall–Kier alpha value is -5.70. The molecule has 0 saturated heterocycles. The van der Waals surface area contributed by atoms with Gasteiger partial charge in [0.15, 0.2) is 0 Å². The molecule has 0 unspecified atom stereocenters. The third kappa shape index (κ3) is 4.91. The molecule has 0 aromatic heterocycles. The number of hydrogen-bond donors (Lipinski definition) is 0. The summed E-state index contributed by atoms with van der Waals surface area (Å²) in [6.07, 6.45) is 0. The Morgan fingerprint density at radius 1 is 0.327 bits per heavy atom. The summed E-state index contributed by atoms with van der Waals surface area (Å²) in [5.74, 6) is 0. The van der Waals surface area contributed by atoms with Crippen LogP contribution in [-0.4, -0.2) is 8.07 Å². The predicted octanol–water partition coefficient (Wildman–Crippen LogP) is 13.1. The standard InChI is InChI=1S/C47H37NSi/c1-49(2,3)45-31-29-41-40-28-30-44(42-18-10-16-38(46(40)42)39-17-11-19-43(45)47(39)41)48(36-24-20-34(21-25-36)32-12-6-4-7-13-32)37-26-22-35(23-27-37)33-14-8-5-9-15-33/h4-31H,1-3H3. The summed E-state index contributed by atoms with van der Waals surface area (Å²) in [4.78, 5) is 2.43. The Balaban J connectivity index is 1.28. The van der Waals surface area contributed by atoms with Gasteiger partial charge in [-0.25, -0.2) is 0 Å². The Labute approximate surface area is 289 Å². The number of hydrogen-bond acceptors (Lipinski definition) is 1. The van der Waals surface area contributed by atoms with Crippen LogP contribution < -0.4 is 10.1 Å². The number of anilines is 3. The summed E-state index contributed by atoms with van der Waals surface area (Å²) in [5.41, 5.74) is 8.30. The summed E-state index contributed by atoms with van der Waals surface area (Å²) >= 11 is 0. The highest BCUT2D eigenvalue weighted by Gasteiger charge is 2.23. The van der Waals surface area contributed by atoms with Crippen LogP contribution in [0.1, 0.15) is 0 Å². The zero-order valence-corrected chi connectivity index (χ0v) is 29.1. The molecule has 1 nitrogen and oxygen atoms in total. The van der Waals surface area contributed by atoms with Gasteiger partial charge in [-0.15, -0.1) is 0 Å². The Bertz CT molecular complexity index is 2500. The van der Waals surface area contributed by atoms with Crippen molar-refractivity contribution in [1.29, 1.82) is 0 Å². The van der Waals surface area contributed by atoms with E-state index < -0.39 is 8.07 Å². The molecule has 0 amide bonds. The molecule has 2 heteroatoms. The lowest BCUT2D eigenvalue weighted by Crippen LogP contribution is -2.38. The lowest BCUT2D eigenvalue weighted by atomic mass is 9.89. The number of fused-ring (bicyclic) bond motifs is 2. The van der Waals surface area contributed by atoms with Crippen LogP contribution >= 0.6 is 0 Å². The van der Waals surface area contributed by atoms with Gasteiger partial charge >= 0.3 is 0 Å². The van der Waals surface area contributed by atoms with Crippen molar-refractivity contribution >= 4 is 73.4 Å². The number of benzene rings is 9. The number of nitrogens with zero attached hydrogens (tertiary/aromatic N) is 1. The second-order valence-corrected chi connectivity index (χ2v) is 19.2. The van der Waals surface area contributed by atoms with E-state index in [1.54, 1.807) is 0 Å². The monoisotopic (exact) mass is 643 g/mol. The van der Waals surface area contributed by atoms with E-state index >= 15 is 0 Å². The van der Waals surface area contributed by atoms with Crippen molar-refractivity contribution in [3.8, 4) is 22.3 Å². The smallest absolute Gasteiger partial charge is 0.0784 e. The van der Waals surface area contributed by atoms with Gasteiger partial charge in [0.25, 0.3) is 0 Å². The van der Waals surface area contributed by atoms with Crippen molar-refractivity contribution in [2.75, 3.05) is 4.90 Å². The summed E-state index contributed by atoms with van der Waals surface area (Å²) in [7, 11) is -1.54. The van der Waals surface area contributed by atoms with Crippen LogP contribution in [0, 0.1) is 0 Å². The van der Waals surface area contributed by atoms with E-state index in [0.717, 1.165) is 11.4 Å². The molecule has 9 aromatic carbocycles. The highest BCUT2D eigenvalue weighted by atomic mass is 28.3. The molecular weight excluding hydrogens is 607 g/mol. The maximum Gasteiger partial charge on any atom is 0.0784 e. The zero-order valence-electron chi connectivity index (χ0n) is 28.1. The van der Waals surface area contributed by atoms with Crippen molar-refractivity contribution < 1.29 is 0 Å². The lowest BCUT2D eigenvalue weighted by Gasteiger charge is -2.28. The van der Waals surface area contributed by atoms with Gasteiger partial charge in [0.2, 0.25) is 0 Å². The predicted molar refractivity (Wildman–Crippen MR) is 216 cm³/mol. The second kappa shape index (κ2) is 11.5. The first-order valence-corrected chi connectivity index (χ1v) is 20.7. The molecule has 0 radical (unpaired) electrons. The van der Waals surface area contributed by atoms with Crippen LogP contribution in [0.3, 0.4) is 0 Å². The van der Waals surface area contributed by atoms with Crippen LogP contribution in [0.15, 0.2) is 170 Å². The molecule has 0 aliphatic carbocycles. The molecule has 0 N–H and O–H groups in total. The second-order valence-electron chi connectivity index (χ2n) is 14.2. The largest absolute Gasteiger partial charge is 0.310 e. The summed E-state index contributed by atoms with van der Waals surface area (Å²) in [6, 6.07) is 62.6. The molecule has 0 heterocycles. The Kier molecular flexibility index (Phi) is 6.89. The van der Waals surface area contributed by atoms with E-state index in [0.29, 0.717) is 0 Å². The molecule has 0 saturated carbocycles. The maximum atomic E-state index is 2.45. The number of rotatable bonds is 6. The van der Waals surface area contributed by atoms with Gasteiger partial charge in [-0.2, -0.15) is 0 Å². The van der Waals surface area contributed by atoms with Gasteiger partial charge in [-0.1, -0.05) is 164 Å². The molecule has 0 atom stereocenters. The zero-order chi connectivity index (χ0) is 33.1. The normalized spacial score (nSPS) is 12.0. The molecule has 0 aliphatic heterocycles. The van der Waals surface area contributed by atoms with Gasteiger partial charge < -0.3 is 4.90 Å². The minimum Gasteiger partial charge on any atom is -0.310 e. The van der Waals surface area contributed by atoms with Crippen LogP contribution in [-0.2, 0) is 0 Å². The van der Waals surface area contributed by atoms with Gasteiger partial charge in [-0.3, -0.25) is 0 Å². The fourth-order valence-electron chi connectivity index (χ4n) is 7.84. The summed E-state index contributed by atoms with van der Waals surface area (Å²) in [5, 5.41) is 12.3. The molecule has 0 aliphatic rings. The third-order valence-corrected chi connectivity index (χ3v) is 12.2. The third-order valence-electron chi connectivity index (χ3n) is 10.2. The van der Waals surface area contributed by atoms with E-state index in [4.69, 9.17) is 0 Å². The molecule has 234 valence electrons. The minimum absolute atomic E-state index is 1.13. The van der Waals surface area contributed by atoms with Crippen LogP contribution in [0.25, 0.3) is 65.3 Å². The molecule has 0 bridgehead atoms. The van der Waals surface area contributed by atoms with E-state index in [1.807, 2.05) is 0 Å². The molecular formula is C47H37NSi. The van der Waals surface area contributed by atoms with Gasteiger partial charge in [0.05, 0.1) is 13.8 Å². The maximum absolute atomic E-state index is 2.45. The van der Waals surface area contributed by atoms with Gasteiger partial charge in [0.1, 0.15) is 0 Å². The van der Waals surface area contributed by atoms with Crippen molar-refractivity contribution in [2.45, 2.75) is 19.6 Å². The quantitative estimate of drug-likeness (QED) is 0.0990. The molecule has 0 fully saturated rings. The Morgan fingerprint density at radius 3 is 1.24 bits per heavy atom. The van der Waals surface area contributed by atoms with E-state index in [9.17, 15) is 0 Å². The van der Waals surface area contributed by atoms with E-state index in [-0.39, 0.29) is 0 Å². The van der Waals surface area contributed by atoms with Crippen molar-refractivity contribution in [3.63, 3.8) is 0 Å². The summed E-state index contributed by atoms with van der Waals surface area (Å²) < 4.78 is 0. The van der Waals surface area contributed by atoms with Gasteiger partial charge in [0, 0.05) is 16.8 Å². The first-order valence-electron chi connectivity index (χ1n) is 17.2. The molecule has 49 heavy (non-hydrogen) atoms. The average molecular weight is 644 g/mol. The Morgan fingerprint density at radius 2 is 0.735 bits per heavy atom. The van der Waals surface area contributed by atoms with Crippen LogP contribution in [0.5, 0.6) is 0 Å². The van der Waals surface area contributed by atoms with E-state index in [2.05, 4.69) is 194 Å². The SMILES string of the molecule is C[Si](C)(C)c1ccc2c3ccc(N(c4ccc(-c5ccccc5)cc4)c4ccc(-c5ccccc5)cc4)c4cccc(c5cccc1c52)c43. The first kappa shape index (κ1) is 29.4. The fourth-order valence-corrected chi connectivity index (χ4v) is 9.44. The highest BCUT2D eigenvalue weighted by molar-refractivity contribution is 6.90. The lowest BCUT2D eigenvalue weighted by molar-refractivity contribution is 1.30. The molecule has 9 aromatic rings. The van der Waals surface area contributed by atoms with Crippen molar-refractivity contribution in [1.82, 2.24) is 0 Å². The molecule has 9 rings (SSSR count). The molecule has 0 spiro atoms. The van der Waals surface area contributed by atoms with Crippen molar-refractivity contribution in [3.05, 3.63) is 170 Å². The fraction of sp³-hybridized carbons (Fsp3) is 0.0638. The van der Waals surface area contributed by atoms with Crippen LogP contribution in [0.4, 0.5) is 17.1 Å². The first-order chi connectivity index (χ1) is 24.0. The van der Waals surface area contributed by atoms with Crippen LogP contribution in [0.2, 0.25) is 19.6 Å². The minimum atomic E-state index is -1.54. The average Bonchev–Trinajstić information content (AvgIpc) is 3.15. The highest BCUT2D eigenvalue weighted by Crippen LogP contribution is 2.46.